The van der Waals surface area contributed by atoms with Gasteiger partial charge in [-0.1, -0.05) is 48.5 Å². The zero-order valence-electron chi connectivity index (χ0n) is 25.0. The van der Waals surface area contributed by atoms with E-state index in [2.05, 4.69) is 31.9 Å². The molecule has 6 amide bonds. The molecule has 45 heavy (non-hydrogen) atoms. The summed E-state index contributed by atoms with van der Waals surface area (Å²) in [4.78, 5) is 49.6. The standard InChI is InChI=1S/C33H34N6O6/c1-21-14-16-26(18-28(21)38-30(40)34-24-10-6-4-7-11-24)36-32(42)44-20-23(3)45-33(43)37-27-17-15-22(2)29(19-27)39-31(41)35-25-12-8-5-9-13-25/h4-19,23H,20H2,1-3H3,(H,36,42)(H,37,43)(H2,34,38,40)(H2,35,39,41). The second-order valence-electron chi connectivity index (χ2n) is 10.0. The Labute approximate surface area is 260 Å². The van der Waals surface area contributed by atoms with E-state index in [9.17, 15) is 19.2 Å². The van der Waals surface area contributed by atoms with Gasteiger partial charge in [-0.25, -0.2) is 19.2 Å². The number of rotatable bonds is 9. The number of para-hydroxylation sites is 2. The fourth-order valence-corrected chi connectivity index (χ4v) is 3.99. The molecule has 6 N–H and O–H groups in total. The van der Waals surface area contributed by atoms with Crippen LogP contribution in [0.5, 0.6) is 0 Å². The molecule has 0 aliphatic heterocycles. The molecule has 0 aliphatic carbocycles. The Morgan fingerprint density at radius 3 is 1.47 bits per heavy atom. The van der Waals surface area contributed by atoms with Crippen molar-refractivity contribution in [2.45, 2.75) is 26.9 Å². The Bertz CT molecular complexity index is 1650. The lowest BCUT2D eigenvalue weighted by atomic mass is 10.2. The molecule has 4 aromatic carbocycles. The fourth-order valence-electron chi connectivity index (χ4n) is 3.99. The van der Waals surface area contributed by atoms with Crippen molar-refractivity contribution in [3.8, 4) is 0 Å². The maximum absolute atomic E-state index is 12.5. The number of amides is 6. The van der Waals surface area contributed by atoms with Crippen LogP contribution < -0.4 is 31.9 Å². The van der Waals surface area contributed by atoms with Crippen LogP contribution in [-0.2, 0) is 9.47 Å². The number of urea groups is 2. The molecule has 0 fully saturated rings. The van der Waals surface area contributed by atoms with Crippen molar-refractivity contribution in [2.24, 2.45) is 0 Å². The number of aryl methyl sites for hydroxylation is 2. The van der Waals surface area contributed by atoms with Crippen molar-refractivity contribution in [1.29, 1.82) is 0 Å². The molecule has 0 saturated carbocycles. The molecule has 0 radical (unpaired) electrons. The number of nitrogens with one attached hydrogen (secondary N) is 6. The predicted molar refractivity (Wildman–Crippen MR) is 175 cm³/mol. The quantitative estimate of drug-likeness (QED) is 0.114. The number of hydrogen-bond acceptors (Lipinski definition) is 6. The number of anilines is 6. The SMILES string of the molecule is Cc1ccc(NC(=O)OCC(C)OC(=O)Nc2ccc(C)c(NC(=O)Nc3ccccc3)c2)cc1NC(=O)Nc1ccccc1. The van der Waals surface area contributed by atoms with E-state index >= 15 is 0 Å². The van der Waals surface area contributed by atoms with Gasteiger partial charge in [-0.05, 0) is 80.4 Å². The van der Waals surface area contributed by atoms with E-state index in [1.54, 1.807) is 67.6 Å². The Balaban J connectivity index is 1.22. The topological polar surface area (TPSA) is 159 Å². The van der Waals surface area contributed by atoms with Crippen LogP contribution in [0.1, 0.15) is 18.1 Å². The summed E-state index contributed by atoms with van der Waals surface area (Å²) in [5, 5.41) is 16.2. The van der Waals surface area contributed by atoms with Gasteiger partial charge in [-0.15, -0.1) is 0 Å². The molecule has 12 heteroatoms. The van der Waals surface area contributed by atoms with E-state index < -0.39 is 30.4 Å². The van der Waals surface area contributed by atoms with Crippen LogP contribution in [0.4, 0.5) is 53.3 Å². The molecule has 0 aromatic heterocycles. The van der Waals surface area contributed by atoms with Crippen LogP contribution in [0.25, 0.3) is 0 Å². The molecule has 0 heterocycles. The molecule has 0 aliphatic rings. The lowest BCUT2D eigenvalue weighted by Gasteiger charge is -2.16. The number of ether oxygens (including phenoxy) is 2. The number of carbonyl (C=O) groups is 4. The van der Waals surface area contributed by atoms with Crippen LogP contribution in [-0.4, -0.2) is 37.0 Å². The number of carbonyl (C=O) groups excluding carboxylic acids is 4. The van der Waals surface area contributed by atoms with Crippen molar-refractivity contribution in [3.63, 3.8) is 0 Å². The van der Waals surface area contributed by atoms with Crippen LogP contribution in [0, 0.1) is 13.8 Å². The summed E-state index contributed by atoms with van der Waals surface area (Å²) in [6.45, 7) is 5.00. The Morgan fingerprint density at radius 2 is 1.00 bits per heavy atom. The Kier molecular flexibility index (Phi) is 10.9. The van der Waals surface area contributed by atoms with Crippen LogP contribution in [0.15, 0.2) is 97.1 Å². The zero-order chi connectivity index (χ0) is 32.2. The summed E-state index contributed by atoms with van der Waals surface area (Å²) in [6, 6.07) is 27.2. The van der Waals surface area contributed by atoms with Crippen LogP contribution in [0.2, 0.25) is 0 Å². The molecule has 0 bridgehead atoms. The molecular formula is C33H34N6O6. The second kappa shape index (κ2) is 15.4. The largest absolute Gasteiger partial charge is 0.445 e. The Hall–Kier alpha value is -6.04. The lowest BCUT2D eigenvalue weighted by molar-refractivity contribution is 0.0651. The summed E-state index contributed by atoms with van der Waals surface area (Å²) in [5.41, 5.74) is 4.65. The highest BCUT2D eigenvalue weighted by molar-refractivity contribution is 6.01. The van der Waals surface area contributed by atoms with Gasteiger partial charge in [0.2, 0.25) is 0 Å². The molecule has 4 rings (SSSR count). The first-order chi connectivity index (χ1) is 21.6. The van der Waals surface area contributed by atoms with Gasteiger partial charge in [0, 0.05) is 34.1 Å². The monoisotopic (exact) mass is 610 g/mol. The van der Waals surface area contributed by atoms with Crippen molar-refractivity contribution in [1.82, 2.24) is 0 Å². The van der Waals surface area contributed by atoms with Gasteiger partial charge >= 0.3 is 24.2 Å². The molecule has 12 nitrogen and oxygen atoms in total. The van der Waals surface area contributed by atoms with Crippen molar-refractivity contribution in [2.75, 3.05) is 38.5 Å². The minimum absolute atomic E-state index is 0.212. The third-order valence-electron chi connectivity index (χ3n) is 6.29. The van der Waals surface area contributed by atoms with E-state index in [0.29, 0.717) is 34.1 Å². The highest BCUT2D eigenvalue weighted by Gasteiger charge is 2.15. The van der Waals surface area contributed by atoms with E-state index in [4.69, 9.17) is 9.47 Å². The average Bonchev–Trinajstić information content (AvgIpc) is 3.00. The lowest BCUT2D eigenvalue weighted by Crippen LogP contribution is -2.26. The molecule has 4 aromatic rings. The second-order valence-corrected chi connectivity index (χ2v) is 10.0. The summed E-state index contributed by atoms with van der Waals surface area (Å²) in [6.07, 6.45) is -2.30. The molecule has 232 valence electrons. The summed E-state index contributed by atoms with van der Waals surface area (Å²) < 4.78 is 10.5. The first-order valence-corrected chi connectivity index (χ1v) is 14.0. The minimum atomic E-state index is -0.771. The third kappa shape index (κ3) is 10.3. The zero-order valence-corrected chi connectivity index (χ0v) is 25.0. The molecular weight excluding hydrogens is 576 g/mol. The van der Waals surface area contributed by atoms with Crippen LogP contribution in [0.3, 0.4) is 0 Å². The van der Waals surface area contributed by atoms with Crippen molar-refractivity contribution >= 4 is 58.4 Å². The highest BCUT2D eigenvalue weighted by Crippen LogP contribution is 2.22. The van der Waals surface area contributed by atoms with Crippen LogP contribution >= 0.6 is 0 Å². The molecule has 1 atom stereocenters. The maximum atomic E-state index is 12.5. The highest BCUT2D eigenvalue weighted by atomic mass is 16.6. The Morgan fingerprint density at radius 1 is 0.556 bits per heavy atom. The number of benzene rings is 4. The van der Waals surface area contributed by atoms with Gasteiger partial charge in [0.15, 0.2) is 0 Å². The third-order valence-corrected chi connectivity index (χ3v) is 6.29. The molecule has 0 spiro atoms. The summed E-state index contributed by atoms with van der Waals surface area (Å²) >= 11 is 0. The van der Waals surface area contributed by atoms with Gasteiger partial charge in [0.1, 0.15) is 12.7 Å². The summed E-state index contributed by atoms with van der Waals surface area (Å²) in [5.74, 6) is 0. The van der Waals surface area contributed by atoms with E-state index in [1.807, 2.05) is 50.2 Å². The van der Waals surface area contributed by atoms with Gasteiger partial charge in [0.25, 0.3) is 0 Å². The maximum Gasteiger partial charge on any atom is 0.412 e. The van der Waals surface area contributed by atoms with Gasteiger partial charge < -0.3 is 30.7 Å². The molecule has 1 unspecified atom stereocenters. The van der Waals surface area contributed by atoms with Gasteiger partial charge in [0.05, 0.1) is 0 Å². The fraction of sp³-hybridized carbons (Fsp3) is 0.152. The first-order valence-electron chi connectivity index (χ1n) is 14.0. The first kappa shape index (κ1) is 31.9. The average molecular weight is 611 g/mol. The van der Waals surface area contributed by atoms with Crippen molar-refractivity contribution in [3.05, 3.63) is 108 Å². The van der Waals surface area contributed by atoms with E-state index in [-0.39, 0.29) is 6.61 Å². The van der Waals surface area contributed by atoms with Gasteiger partial charge in [-0.3, -0.25) is 10.6 Å². The van der Waals surface area contributed by atoms with E-state index in [1.165, 1.54) is 0 Å². The minimum Gasteiger partial charge on any atom is -0.445 e. The normalized spacial score (nSPS) is 10.9. The summed E-state index contributed by atoms with van der Waals surface area (Å²) in [7, 11) is 0. The smallest absolute Gasteiger partial charge is 0.412 e. The molecule has 0 saturated heterocycles. The van der Waals surface area contributed by atoms with Crippen molar-refractivity contribution < 1.29 is 28.7 Å². The predicted octanol–water partition coefficient (Wildman–Crippen LogP) is 7.78. The van der Waals surface area contributed by atoms with Gasteiger partial charge in [-0.2, -0.15) is 0 Å². The number of hydrogen-bond donors (Lipinski definition) is 6. The van der Waals surface area contributed by atoms with E-state index in [0.717, 1.165) is 11.1 Å².